The normalized spacial score (nSPS) is 29.5. The number of nitrogens with one attached hydrogen (secondary N) is 1. The van der Waals surface area contributed by atoms with E-state index in [1.807, 2.05) is 6.08 Å². The molecule has 490 valence electrons. The van der Waals surface area contributed by atoms with Gasteiger partial charge in [-0.05, 0) is 77.0 Å². The topological polar surface area (TPSA) is 307 Å². The summed E-state index contributed by atoms with van der Waals surface area (Å²) in [6.45, 7) is 1.54. The van der Waals surface area contributed by atoms with Gasteiger partial charge in [-0.3, -0.25) is 4.79 Å². The van der Waals surface area contributed by atoms with Crippen LogP contribution in [-0.2, 0) is 33.2 Å². The van der Waals surface area contributed by atoms with Gasteiger partial charge in [-0.15, -0.1) is 0 Å². The minimum Gasteiger partial charge on any atom is -0.394 e. The molecule has 0 aromatic heterocycles. The molecule has 0 saturated carbocycles. The molecule has 3 saturated heterocycles. The first-order valence-corrected chi connectivity index (χ1v) is 32.3. The molecule has 17 atom stereocenters. The fourth-order valence-corrected chi connectivity index (χ4v) is 10.4. The van der Waals surface area contributed by atoms with Crippen LogP contribution in [0, 0.1) is 0 Å². The number of ether oxygens (including phenoxy) is 6. The summed E-state index contributed by atoms with van der Waals surface area (Å²) in [5.74, 6) is -0.292. The van der Waals surface area contributed by atoms with Gasteiger partial charge in [0.15, 0.2) is 18.9 Å². The van der Waals surface area contributed by atoms with Crippen LogP contribution in [0.2, 0.25) is 0 Å². The molecule has 1 amide bonds. The Bertz CT molecular complexity index is 1880. The predicted molar refractivity (Wildman–Crippen MR) is 328 cm³/mol. The van der Waals surface area contributed by atoms with Crippen molar-refractivity contribution in [2.75, 3.05) is 26.4 Å². The number of rotatable bonds is 47. The van der Waals surface area contributed by atoms with Crippen LogP contribution in [0.5, 0.6) is 0 Å². The number of carbonyl (C=O) groups is 1. The highest BCUT2D eigenvalue weighted by Gasteiger charge is 2.53. The van der Waals surface area contributed by atoms with E-state index < -0.39 is 124 Å². The first-order valence-electron chi connectivity index (χ1n) is 32.3. The Balaban J connectivity index is 1.40. The second-order valence-electron chi connectivity index (χ2n) is 22.8. The van der Waals surface area contributed by atoms with Crippen LogP contribution in [0.25, 0.3) is 0 Å². The third kappa shape index (κ3) is 30.8. The molecule has 12 N–H and O–H groups in total. The van der Waals surface area contributed by atoms with Gasteiger partial charge in [0.1, 0.15) is 73.2 Å². The van der Waals surface area contributed by atoms with Gasteiger partial charge in [0.05, 0.1) is 38.6 Å². The Labute approximate surface area is 508 Å². The smallest absolute Gasteiger partial charge is 0.220 e. The van der Waals surface area contributed by atoms with E-state index in [2.05, 4.69) is 92.1 Å². The highest BCUT2D eigenvalue weighted by atomic mass is 16.8. The lowest BCUT2D eigenvalue weighted by Gasteiger charge is -2.48. The first-order chi connectivity index (χ1) is 41.3. The minimum absolute atomic E-state index is 0.229. The van der Waals surface area contributed by atoms with Crippen molar-refractivity contribution < 1.29 is 89.4 Å². The molecule has 85 heavy (non-hydrogen) atoms. The summed E-state index contributed by atoms with van der Waals surface area (Å²) in [4.78, 5) is 13.3. The molecule has 19 heteroatoms. The molecule has 0 radical (unpaired) electrons. The molecule has 0 spiro atoms. The van der Waals surface area contributed by atoms with Gasteiger partial charge in [0, 0.05) is 6.42 Å². The highest BCUT2D eigenvalue weighted by molar-refractivity contribution is 5.76. The van der Waals surface area contributed by atoms with Crippen molar-refractivity contribution in [1.82, 2.24) is 5.32 Å². The third-order valence-corrected chi connectivity index (χ3v) is 15.7. The predicted octanol–water partition coefficient (Wildman–Crippen LogP) is 7.15. The maximum atomic E-state index is 13.3. The molecule has 0 bridgehead atoms. The molecule has 19 nitrogen and oxygen atoms in total. The van der Waals surface area contributed by atoms with E-state index >= 15 is 0 Å². The molecule has 0 aromatic carbocycles. The van der Waals surface area contributed by atoms with Gasteiger partial charge >= 0.3 is 0 Å². The minimum atomic E-state index is -1.98. The largest absolute Gasteiger partial charge is 0.394 e. The SMILES string of the molecule is CC/C=C\C/C=C\C/C=C\C/C=C\C/C=C\CCCCCCCCCCCCCCCC(=O)NC(COC1OC(CO)C(OC2OC(CO)C(OC3OC(CO)C(O)C(O)C3O)C(O)C2O)C(O)C1O)C(O)/C=C/CC/C=C/CCCCCCC. The fraction of sp³-hybridized carbons (Fsp3) is 0.773. The maximum absolute atomic E-state index is 13.3. The standard InChI is InChI=1S/C66H113NO18/c1-3-5-7-9-11-13-15-16-17-18-19-20-21-22-23-24-25-26-27-28-29-30-31-32-34-36-38-40-42-44-54(72)67-49(50(71)43-41-39-37-35-33-14-12-10-8-6-4-2)48-80-64-60(78)57(75)62(52(46-69)82-64)85-66-61(79)58(76)63(53(47-70)83-66)84-65-59(77)56(74)55(73)51(45-68)81-65/h5,7,11,13,16-17,19-20,22-23,33,35,41,43,49-53,55-66,68-71,73-79H,3-4,6,8-10,12,14-15,18,21,24-32,34,36-40,42,44-48H2,1-2H3,(H,67,72)/b7-5-,13-11-,17-16-,20-19-,23-22-,35-33+,43-41+. The lowest BCUT2D eigenvalue weighted by molar-refractivity contribution is -0.379. The zero-order chi connectivity index (χ0) is 61.9. The van der Waals surface area contributed by atoms with Crippen molar-refractivity contribution in [3.8, 4) is 0 Å². The average Bonchev–Trinajstić information content (AvgIpc) is 3.05. The van der Waals surface area contributed by atoms with E-state index in [0.29, 0.717) is 12.8 Å². The number of amides is 1. The van der Waals surface area contributed by atoms with E-state index in [1.165, 1.54) is 77.0 Å². The first kappa shape index (κ1) is 76.2. The van der Waals surface area contributed by atoms with Gasteiger partial charge in [0.25, 0.3) is 0 Å². The van der Waals surface area contributed by atoms with E-state index in [0.717, 1.165) is 83.5 Å². The Morgan fingerprint density at radius 3 is 1.32 bits per heavy atom. The van der Waals surface area contributed by atoms with Gasteiger partial charge < -0.3 is 89.9 Å². The molecular weight excluding hydrogens is 1090 g/mol. The zero-order valence-corrected chi connectivity index (χ0v) is 51.3. The van der Waals surface area contributed by atoms with Crippen LogP contribution >= 0.6 is 0 Å². The summed E-state index contributed by atoms with van der Waals surface area (Å²) in [6.07, 6.45) is 33.0. The number of aliphatic hydroxyl groups excluding tert-OH is 11. The molecule has 17 unspecified atom stereocenters. The molecule has 0 aromatic rings. The van der Waals surface area contributed by atoms with Crippen molar-refractivity contribution in [2.24, 2.45) is 0 Å². The molecule has 3 rings (SSSR count). The van der Waals surface area contributed by atoms with Crippen LogP contribution in [0.4, 0.5) is 0 Å². The molecule has 0 aliphatic carbocycles. The average molecular weight is 1210 g/mol. The summed E-state index contributed by atoms with van der Waals surface area (Å²) < 4.78 is 34.2. The van der Waals surface area contributed by atoms with Crippen LogP contribution in [0.1, 0.15) is 194 Å². The third-order valence-electron chi connectivity index (χ3n) is 15.7. The van der Waals surface area contributed by atoms with Crippen molar-refractivity contribution in [3.63, 3.8) is 0 Å². The van der Waals surface area contributed by atoms with Gasteiger partial charge in [0.2, 0.25) is 5.91 Å². The van der Waals surface area contributed by atoms with E-state index in [1.54, 1.807) is 6.08 Å². The number of hydrogen-bond donors (Lipinski definition) is 12. The number of unbranched alkanes of at least 4 members (excludes halogenated alkanes) is 19. The summed E-state index contributed by atoms with van der Waals surface area (Å²) in [5.41, 5.74) is 0. The van der Waals surface area contributed by atoms with E-state index in [-0.39, 0.29) is 18.9 Å². The number of carbonyl (C=O) groups excluding carboxylic acids is 1. The second-order valence-corrected chi connectivity index (χ2v) is 22.8. The number of aliphatic hydroxyl groups is 11. The van der Waals surface area contributed by atoms with Crippen LogP contribution in [-0.4, -0.2) is 193 Å². The Morgan fingerprint density at radius 1 is 0.435 bits per heavy atom. The molecule has 3 heterocycles. The quantitative estimate of drug-likeness (QED) is 0.0213. The molecule has 3 fully saturated rings. The van der Waals surface area contributed by atoms with Crippen molar-refractivity contribution in [2.45, 2.75) is 298 Å². The Hall–Kier alpha value is -3.03. The van der Waals surface area contributed by atoms with Crippen LogP contribution < -0.4 is 5.32 Å². The summed E-state index contributed by atoms with van der Waals surface area (Å²) in [5, 5.41) is 120. The summed E-state index contributed by atoms with van der Waals surface area (Å²) in [7, 11) is 0. The molecule has 3 aliphatic heterocycles. The Kier molecular flexibility index (Phi) is 43.0. The van der Waals surface area contributed by atoms with Gasteiger partial charge in [-0.25, -0.2) is 0 Å². The molecular formula is C66H113NO18. The maximum Gasteiger partial charge on any atom is 0.220 e. The monoisotopic (exact) mass is 1210 g/mol. The lowest BCUT2D eigenvalue weighted by atomic mass is 9.96. The number of hydrogen-bond acceptors (Lipinski definition) is 18. The lowest BCUT2D eigenvalue weighted by Crippen LogP contribution is -2.66. The van der Waals surface area contributed by atoms with Crippen molar-refractivity contribution in [1.29, 1.82) is 0 Å². The second kappa shape index (κ2) is 47.9. The number of allylic oxidation sites excluding steroid dienone is 13. The Morgan fingerprint density at radius 2 is 0.824 bits per heavy atom. The summed E-state index contributed by atoms with van der Waals surface area (Å²) in [6, 6.07) is -0.993. The van der Waals surface area contributed by atoms with E-state index in [9.17, 15) is 61.0 Å². The van der Waals surface area contributed by atoms with Crippen LogP contribution in [0.3, 0.4) is 0 Å². The zero-order valence-electron chi connectivity index (χ0n) is 51.3. The molecule has 3 aliphatic rings. The van der Waals surface area contributed by atoms with Crippen molar-refractivity contribution in [3.05, 3.63) is 85.1 Å². The highest BCUT2D eigenvalue weighted by Crippen LogP contribution is 2.33. The fourth-order valence-electron chi connectivity index (χ4n) is 10.4. The van der Waals surface area contributed by atoms with Gasteiger partial charge in [-0.2, -0.15) is 0 Å². The van der Waals surface area contributed by atoms with Crippen LogP contribution in [0.15, 0.2) is 85.1 Å². The van der Waals surface area contributed by atoms with Gasteiger partial charge in [-0.1, -0.05) is 195 Å². The van der Waals surface area contributed by atoms with E-state index in [4.69, 9.17) is 28.4 Å². The van der Waals surface area contributed by atoms with Crippen molar-refractivity contribution >= 4 is 5.91 Å². The summed E-state index contributed by atoms with van der Waals surface area (Å²) >= 11 is 0.